The summed E-state index contributed by atoms with van der Waals surface area (Å²) < 4.78 is 5.86. The standard InChI is InChI=1S/C14H25NO3/c1-4-14(3)7-11(5-6-18-14)15-8-10(2)12(9-15)13(16)17/h10-12H,4-9H2,1-3H3,(H,16,17)/t10-,11?,12-,14?/m1/s1. The van der Waals surface area contributed by atoms with Gasteiger partial charge in [-0.3, -0.25) is 9.69 Å². The van der Waals surface area contributed by atoms with E-state index in [0.29, 0.717) is 12.6 Å². The van der Waals surface area contributed by atoms with Crippen molar-refractivity contribution in [3.05, 3.63) is 0 Å². The van der Waals surface area contributed by atoms with Crippen LogP contribution in [0.1, 0.15) is 40.0 Å². The zero-order valence-electron chi connectivity index (χ0n) is 11.7. The lowest BCUT2D eigenvalue weighted by Gasteiger charge is -2.41. The van der Waals surface area contributed by atoms with Gasteiger partial charge in [-0.05, 0) is 32.1 Å². The Balaban J connectivity index is 1.99. The smallest absolute Gasteiger partial charge is 0.308 e. The second-order valence-corrected chi connectivity index (χ2v) is 6.17. The predicted octanol–water partition coefficient (Wildman–Crippen LogP) is 1.99. The Bertz CT molecular complexity index is 320. The minimum absolute atomic E-state index is 0.0204. The van der Waals surface area contributed by atoms with E-state index >= 15 is 0 Å². The van der Waals surface area contributed by atoms with Crippen LogP contribution in [0.25, 0.3) is 0 Å². The zero-order chi connectivity index (χ0) is 13.3. The van der Waals surface area contributed by atoms with Gasteiger partial charge in [0.15, 0.2) is 0 Å². The molecule has 0 spiro atoms. The molecule has 0 radical (unpaired) electrons. The molecule has 2 unspecified atom stereocenters. The van der Waals surface area contributed by atoms with Gasteiger partial charge < -0.3 is 9.84 Å². The van der Waals surface area contributed by atoms with E-state index in [0.717, 1.165) is 32.4 Å². The Morgan fingerprint density at radius 2 is 2.22 bits per heavy atom. The summed E-state index contributed by atoms with van der Waals surface area (Å²) >= 11 is 0. The van der Waals surface area contributed by atoms with E-state index < -0.39 is 5.97 Å². The van der Waals surface area contributed by atoms with Crippen LogP contribution < -0.4 is 0 Å². The summed E-state index contributed by atoms with van der Waals surface area (Å²) in [5.74, 6) is -0.575. The van der Waals surface area contributed by atoms with Crippen molar-refractivity contribution in [2.75, 3.05) is 19.7 Å². The van der Waals surface area contributed by atoms with Crippen LogP contribution in [0.5, 0.6) is 0 Å². The molecule has 2 saturated heterocycles. The monoisotopic (exact) mass is 255 g/mol. The van der Waals surface area contributed by atoms with Gasteiger partial charge in [-0.1, -0.05) is 13.8 Å². The summed E-state index contributed by atoms with van der Waals surface area (Å²) in [6.07, 6.45) is 3.09. The number of likely N-dealkylation sites (tertiary alicyclic amines) is 1. The molecule has 104 valence electrons. The molecule has 0 saturated carbocycles. The van der Waals surface area contributed by atoms with Gasteiger partial charge in [0.25, 0.3) is 0 Å². The van der Waals surface area contributed by atoms with Crippen molar-refractivity contribution in [1.82, 2.24) is 4.90 Å². The lowest BCUT2D eigenvalue weighted by molar-refractivity contribution is -0.142. The van der Waals surface area contributed by atoms with Gasteiger partial charge >= 0.3 is 5.97 Å². The van der Waals surface area contributed by atoms with E-state index in [-0.39, 0.29) is 17.4 Å². The highest BCUT2D eigenvalue weighted by Crippen LogP contribution is 2.34. The molecule has 0 bridgehead atoms. The van der Waals surface area contributed by atoms with E-state index in [1.807, 2.05) is 0 Å². The van der Waals surface area contributed by atoms with Crippen LogP contribution in [-0.4, -0.2) is 47.3 Å². The fourth-order valence-corrected chi connectivity index (χ4v) is 3.28. The number of aliphatic carboxylic acids is 1. The van der Waals surface area contributed by atoms with Crippen LogP contribution >= 0.6 is 0 Å². The summed E-state index contributed by atoms with van der Waals surface area (Å²) in [7, 11) is 0. The molecule has 2 aliphatic heterocycles. The second-order valence-electron chi connectivity index (χ2n) is 6.17. The number of hydrogen-bond acceptors (Lipinski definition) is 3. The van der Waals surface area contributed by atoms with Gasteiger partial charge in [-0.2, -0.15) is 0 Å². The first-order valence-corrected chi connectivity index (χ1v) is 7.06. The van der Waals surface area contributed by atoms with Crippen molar-refractivity contribution in [3.8, 4) is 0 Å². The minimum Gasteiger partial charge on any atom is -0.481 e. The third-order valence-electron chi connectivity index (χ3n) is 4.79. The van der Waals surface area contributed by atoms with E-state index in [9.17, 15) is 9.90 Å². The van der Waals surface area contributed by atoms with Crippen LogP contribution in [0.2, 0.25) is 0 Å². The maximum absolute atomic E-state index is 11.2. The largest absolute Gasteiger partial charge is 0.481 e. The first-order chi connectivity index (χ1) is 8.45. The maximum Gasteiger partial charge on any atom is 0.308 e. The summed E-state index contributed by atoms with van der Waals surface area (Å²) in [6.45, 7) is 8.82. The molecule has 0 aromatic rings. The van der Waals surface area contributed by atoms with E-state index in [1.54, 1.807) is 0 Å². The van der Waals surface area contributed by atoms with Crippen LogP contribution in [0, 0.1) is 11.8 Å². The molecule has 0 amide bonds. The number of rotatable bonds is 3. The highest BCUT2D eigenvalue weighted by Gasteiger charge is 2.41. The van der Waals surface area contributed by atoms with Crippen LogP contribution in [0.15, 0.2) is 0 Å². The van der Waals surface area contributed by atoms with Crippen molar-refractivity contribution in [3.63, 3.8) is 0 Å². The molecular weight excluding hydrogens is 230 g/mol. The van der Waals surface area contributed by atoms with Crippen LogP contribution in [-0.2, 0) is 9.53 Å². The molecule has 2 heterocycles. The third-order valence-corrected chi connectivity index (χ3v) is 4.79. The first kappa shape index (κ1) is 13.8. The van der Waals surface area contributed by atoms with E-state index in [2.05, 4.69) is 25.7 Å². The SMILES string of the molecule is CCC1(C)CC(N2C[C@@H](C)[C@H](C(=O)O)C2)CCO1. The highest BCUT2D eigenvalue weighted by molar-refractivity contribution is 5.71. The van der Waals surface area contributed by atoms with Crippen molar-refractivity contribution in [1.29, 1.82) is 0 Å². The van der Waals surface area contributed by atoms with Gasteiger partial charge in [-0.15, -0.1) is 0 Å². The summed E-state index contributed by atoms with van der Waals surface area (Å²) in [6, 6.07) is 0.496. The molecule has 0 aromatic carbocycles. The molecule has 2 aliphatic rings. The van der Waals surface area contributed by atoms with Crippen LogP contribution in [0.3, 0.4) is 0 Å². The first-order valence-electron chi connectivity index (χ1n) is 7.06. The molecule has 2 rings (SSSR count). The Labute approximate surface area is 109 Å². The quantitative estimate of drug-likeness (QED) is 0.838. The minimum atomic E-state index is -0.643. The van der Waals surface area contributed by atoms with Crippen molar-refractivity contribution in [2.24, 2.45) is 11.8 Å². The molecule has 18 heavy (non-hydrogen) atoms. The van der Waals surface area contributed by atoms with Gasteiger partial charge in [0.1, 0.15) is 0 Å². The molecule has 4 nitrogen and oxygen atoms in total. The van der Waals surface area contributed by atoms with Crippen molar-refractivity contribution < 1.29 is 14.6 Å². The van der Waals surface area contributed by atoms with E-state index in [1.165, 1.54) is 0 Å². The zero-order valence-corrected chi connectivity index (χ0v) is 11.7. The average molecular weight is 255 g/mol. The summed E-state index contributed by atoms with van der Waals surface area (Å²) in [4.78, 5) is 13.5. The van der Waals surface area contributed by atoms with E-state index in [4.69, 9.17) is 4.74 Å². The molecule has 4 heteroatoms. The van der Waals surface area contributed by atoms with Gasteiger partial charge in [0, 0.05) is 25.7 Å². The molecular formula is C14H25NO3. The Hall–Kier alpha value is -0.610. The number of ether oxygens (including phenoxy) is 1. The van der Waals surface area contributed by atoms with Gasteiger partial charge in [0.05, 0.1) is 11.5 Å². The number of nitrogens with zero attached hydrogens (tertiary/aromatic N) is 1. The Morgan fingerprint density at radius 1 is 1.50 bits per heavy atom. The lowest BCUT2D eigenvalue weighted by Crippen LogP contribution is -2.46. The molecule has 2 fully saturated rings. The summed E-state index contributed by atoms with van der Waals surface area (Å²) in [5.41, 5.74) is -0.0204. The Morgan fingerprint density at radius 3 is 2.78 bits per heavy atom. The van der Waals surface area contributed by atoms with Gasteiger partial charge in [0.2, 0.25) is 0 Å². The molecule has 4 atom stereocenters. The summed E-state index contributed by atoms with van der Waals surface area (Å²) in [5, 5.41) is 9.20. The fraction of sp³-hybridized carbons (Fsp3) is 0.929. The average Bonchev–Trinajstić information content (AvgIpc) is 2.72. The molecule has 1 N–H and O–H groups in total. The number of carboxylic acids is 1. The molecule has 0 aliphatic carbocycles. The normalized spacial score (nSPS) is 42.1. The number of hydrogen-bond donors (Lipinski definition) is 1. The topological polar surface area (TPSA) is 49.8 Å². The lowest BCUT2D eigenvalue weighted by atomic mass is 9.89. The maximum atomic E-state index is 11.2. The second kappa shape index (κ2) is 5.17. The van der Waals surface area contributed by atoms with Crippen molar-refractivity contribution >= 4 is 5.97 Å². The number of carbonyl (C=O) groups is 1. The van der Waals surface area contributed by atoms with Crippen molar-refractivity contribution in [2.45, 2.75) is 51.7 Å². The predicted molar refractivity (Wildman–Crippen MR) is 69.5 cm³/mol. The highest BCUT2D eigenvalue weighted by atomic mass is 16.5. The number of carboxylic acid groups (broad SMARTS) is 1. The third kappa shape index (κ3) is 2.69. The fourth-order valence-electron chi connectivity index (χ4n) is 3.28. The van der Waals surface area contributed by atoms with Crippen LogP contribution in [0.4, 0.5) is 0 Å². The molecule has 0 aromatic heterocycles. The van der Waals surface area contributed by atoms with Gasteiger partial charge in [-0.25, -0.2) is 0 Å². The Kier molecular flexibility index (Phi) is 3.97.